The maximum atomic E-state index is 12.9. The van der Waals surface area contributed by atoms with Gasteiger partial charge < -0.3 is 9.63 Å². The topological polar surface area (TPSA) is 63.3 Å². The van der Waals surface area contributed by atoms with Gasteiger partial charge in [0.2, 0.25) is 0 Å². The normalized spacial score (nSPS) is 17.2. The highest BCUT2D eigenvalue weighted by molar-refractivity contribution is 5.81. The van der Waals surface area contributed by atoms with Crippen molar-refractivity contribution in [2.24, 2.45) is 0 Å². The first kappa shape index (κ1) is 12.8. The van der Waals surface area contributed by atoms with Crippen LogP contribution in [0.15, 0.2) is 34.9 Å². The van der Waals surface area contributed by atoms with Gasteiger partial charge in [-0.15, -0.1) is 0 Å². The molecule has 0 spiro atoms. The number of carbonyl (C=O) groups is 1. The van der Waals surface area contributed by atoms with Crippen LogP contribution in [0.4, 0.5) is 4.39 Å². The lowest BCUT2D eigenvalue weighted by molar-refractivity contribution is -0.143. The van der Waals surface area contributed by atoms with E-state index in [1.807, 2.05) is 0 Å². The van der Waals surface area contributed by atoms with E-state index in [9.17, 15) is 14.3 Å². The molecule has 1 aromatic carbocycles. The van der Waals surface area contributed by atoms with Crippen LogP contribution in [0.2, 0.25) is 0 Å². The molecule has 3 rings (SSSR count). The maximum absolute atomic E-state index is 12.9. The van der Waals surface area contributed by atoms with Crippen LogP contribution in [0.1, 0.15) is 31.4 Å². The van der Waals surface area contributed by atoms with Crippen LogP contribution in [-0.4, -0.2) is 16.2 Å². The molecule has 20 heavy (non-hydrogen) atoms. The fraction of sp³-hybridized carbons (Fsp3) is 0.333. The summed E-state index contributed by atoms with van der Waals surface area (Å²) in [6, 6.07) is 7.50. The summed E-state index contributed by atoms with van der Waals surface area (Å²) >= 11 is 0. The molecule has 0 aliphatic heterocycles. The zero-order valence-corrected chi connectivity index (χ0v) is 10.8. The highest BCUT2D eigenvalue weighted by atomic mass is 19.1. The molecule has 1 saturated carbocycles. The minimum absolute atomic E-state index is 0.328. The van der Waals surface area contributed by atoms with Gasteiger partial charge in [0.05, 0.1) is 0 Å². The molecule has 1 heterocycles. The molecule has 5 heteroatoms. The molecule has 0 saturated heterocycles. The molecule has 0 atom stereocenters. The van der Waals surface area contributed by atoms with Gasteiger partial charge in [-0.1, -0.05) is 18.0 Å². The van der Waals surface area contributed by atoms with Gasteiger partial charge in [0.1, 0.15) is 16.9 Å². The number of rotatable bonds is 3. The molecule has 1 aliphatic carbocycles. The summed E-state index contributed by atoms with van der Waals surface area (Å²) in [5, 5.41) is 13.4. The van der Waals surface area contributed by atoms with Crippen molar-refractivity contribution in [3.05, 3.63) is 41.8 Å². The van der Waals surface area contributed by atoms with E-state index in [1.165, 1.54) is 12.1 Å². The summed E-state index contributed by atoms with van der Waals surface area (Å²) in [6.07, 6.45) is 2.92. The van der Waals surface area contributed by atoms with Crippen LogP contribution >= 0.6 is 0 Å². The first-order chi connectivity index (χ1) is 9.62. The van der Waals surface area contributed by atoms with Gasteiger partial charge in [-0.2, -0.15) is 0 Å². The lowest BCUT2D eigenvalue weighted by Crippen LogP contribution is -2.32. The Bertz CT molecular complexity index is 627. The first-order valence-electron chi connectivity index (χ1n) is 6.58. The van der Waals surface area contributed by atoms with Gasteiger partial charge in [-0.25, -0.2) is 4.39 Å². The zero-order chi connectivity index (χ0) is 14.2. The average molecular weight is 275 g/mol. The maximum Gasteiger partial charge on any atom is 0.315 e. The number of halogens is 1. The average Bonchev–Trinajstić information content (AvgIpc) is 3.09. The largest absolute Gasteiger partial charge is 0.481 e. The third-order valence-corrected chi connectivity index (χ3v) is 4.00. The van der Waals surface area contributed by atoms with Gasteiger partial charge in [0.25, 0.3) is 0 Å². The van der Waals surface area contributed by atoms with Crippen molar-refractivity contribution in [1.29, 1.82) is 0 Å². The smallest absolute Gasteiger partial charge is 0.315 e. The molecule has 104 valence electrons. The van der Waals surface area contributed by atoms with E-state index in [2.05, 4.69) is 5.16 Å². The van der Waals surface area contributed by atoms with Crippen LogP contribution in [0.3, 0.4) is 0 Å². The van der Waals surface area contributed by atoms with Gasteiger partial charge in [0, 0.05) is 11.6 Å². The van der Waals surface area contributed by atoms with Crippen LogP contribution in [-0.2, 0) is 10.2 Å². The second-order valence-corrected chi connectivity index (χ2v) is 5.18. The summed E-state index contributed by atoms with van der Waals surface area (Å²) in [6.45, 7) is 0. The van der Waals surface area contributed by atoms with E-state index in [-0.39, 0.29) is 5.82 Å². The van der Waals surface area contributed by atoms with Crippen molar-refractivity contribution in [2.75, 3.05) is 0 Å². The van der Waals surface area contributed by atoms with E-state index in [4.69, 9.17) is 4.52 Å². The second kappa shape index (κ2) is 4.74. The van der Waals surface area contributed by atoms with E-state index in [0.29, 0.717) is 29.9 Å². The molecule has 2 aromatic rings. The summed E-state index contributed by atoms with van der Waals surface area (Å²) < 4.78 is 18.1. The van der Waals surface area contributed by atoms with Crippen molar-refractivity contribution in [3.8, 4) is 11.3 Å². The van der Waals surface area contributed by atoms with Gasteiger partial charge in [0.15, 0.2) is 5.76 Å². The molecule has 0 radical (unpaired) electrons. The van der Waals surface area contributed by atoms with Crippen molar-refractivity contribution in [1.82, 2.24) is 5.16 Å². The van der Waals surface area contributed by atoms with E-state index in [1.54, 1.807) is 18.2 Å². The summed E-state index contributed by atoms with van der Waals surface area (Å²) in [5.41, 5.74) is 0.215. The number of hydrogen-bond acceptors (Lipinski definition) is 3. The number of aliphatic carboxylic acids is 1. The highest BCUT2D eigenvalue weighted by Crippen LogP contribution is 2.41. The molecule has 0 bridgehead atoms. The Hall–Kier alpha value is -2.17. The van der Waals surface area contributed by atoms with Crippen LogP contribution in [0.5, 0.6) is 0 Å². The van der Waals surface area contributed by atoms with E-state index >= 15 is 0 Å². The van der Waals surface area contributed by atoms with E-state index in [0.717, 1.165) is 12.8 Å². The SMILES string of the molecule is O=C(O)C1(c2cc(-c3ccc(F)cc3)on2)CCCC1. The molecular weight excluding hydrogens is 261 g/mol. The lowest BCUT2D eigenvalue weighted by Gasteiger charge is -2.19. The monoisotopic (exact) mass is 275 g/mol. The van der Waals surface area contributed by atoms with Crippen molar-refractivity contribution in [3.63, 3.8) is 0 Å². The minimum Gasteiger partial charge on any atom is -0.481 e. The van der Waals surface area contributed by atoms with Crippen molar-refractivity contribution in [2.45, 2.75) is 31.1 Å². The minimum atomic E-state index is -0.929. The quantitative estimate of drug-likeness (QED) is 0.932. The molecule has 0 unspecified atom stereocenters. The summed E-state index contributed by atoms with van der Waals surface area (Å²) in [7, 11) is 0. The first-order valence-corrected chi connectivity index (χ1v) is 6.58. The number of aromatic nitrogens is 1. The Morgan fingerprint density at radius 2 is 1.90 bits per heavy atom. The number of carboxylic acids is 1. The van der Waals surface area contributed by atoms with Crippen LogP contribution < -0.4 is 0 Å². The Morgan fingerprint density at radius 1 is 1.25 bits per heavy atom. The van der Waals surface area contributed by atoms with Crippen molar-refractivity contribution >= 4 is 5.97 Å². The molecule has 1 fully saturated rings. The molecule has 1 aromatic heterocycles. The molecule has 1 aliphatic rings. The second-order valence-electron chi connectivity index (χ2n) is 5.18. The van der Waals surface area contributed by atoms with Gasteiger partial charge in [-0.3, -0.25) is 4.79 Å². The fourth-order valence-corrected chi connectivity index (χ4v) is 2.81. The standard InChI is InChI=1S/C15H14FNO3/c16-11-5-3-10(4-6-11)12-9-13(17-20-12)15(14(18)19)7-1-2-8-15/h3-6,9H,1-2,7-8H2,(H,18,19). The predicted octanol–water partition coefficient (Wildman–Crippen LogP) is 3.38. The van der Waals surface area contributed by atoms with E-state index < -0.39 is 11.4 Å². The number of nitrogens with zero attached hydrogens (tertiary/aromatic N) is 1. The summed E-state index contributed by atoms with van der Waals surface area (Å²) in [4.78, 5) is 11.6. The third kappa shape index (κ3) is 1.99. The van der Waals surface area contributed by atoms with Gasteiger partial charge in [-0.05, 0) is 37.1 Å². The fourth-order valence-electron chi connectivity index (χ4n) is 2.81. The Kier molecular flexibility index (Phi) is 3.04. The number of carboxylic acid groups (broad SMARTS) is 1. The molecule has 1 N–H and O–H groups in total. The van der Waals surface area contributed by atoms with Crippen LogP contribution in [0, 0.1) is 5.82 Å². The third-order valence-electron chi connectivity index (χ3n) is 4.00. The Labute approximate surface area is 115 Å². The van der Waals surface area contributed by atoms with Crippen molar-refractivity contribution < 1.29 is 18.8 Å². The molecule has 0 amide bonds. The number of benzene rings is 1. The molecule has 4 nitrogen and oxygen atoms in total. The predicted molar refractivity (Wildman–Crippen MR) is 69.7 cm³/mol. The zero-order valence-electron chi connectivity index (χ0n) is 10.8. The Morgan fingerprint density at radius 3 is 2.50 bits per heavy atom. The molecular formula is C15H14FNO3. The van der Waals surface area contributed by atoms with Gasteiger partial charge >= 0.3 is 5.97 Å². The Balaban J connectivity index is 1.97. The highest BCUT2D eigenvalue weighted by Gasteiger charge is 2.45. The number of hydrogen-bond donors (Lipinski definition) is 1. The summed E-state index contributed by atoms with van der Waals surface area (Å²) in [5.74, 6) is -0.715. The lowest BCUT2D eigenvalue weighted by atomic mass is 9.82. The van der Waals surface area contributed by atoms with Crippen LogP contribution in [0.25, 0.3) is 11.3 Å².